The molecule has 4 rings (SSSR count). The Morgan fingerprint density at radius 2 is 2.06 bits per heavy atom. The Balaban J connectivity index is 1.83. The minimum atomic E-state index is -4.65. The maximum Gasteiger partial charge on any atom is 0.419 e. The maximum absolute atomic E-state index is 13.8. The fraction of sp³-hybridized carbons (Fsp3) is 0.429. The minimum Gasteiger partial charge on any atom is -0.394 e. The van der Waals surface area contributed by atoms with Crippen LogP contribution in [0.15, 0.2) is 30.6 Å². The summed E-state index contributed by atoms with van der Waals surface area (Å²) in [7, 11) is -2.65. The van der Waals surface area contributed by atoms with Gasteiger partial charge in [-0.2, -0.15) is 13.2 Å². The second kappa shape index (κ2) is 7.95. The van der Waals surface area contributed by atoms with Crippen LogP contribution in [-0.2, 0) is 10.7 Å². The molecular formula is C21H24F3N4O2P. The number of nitrogens with one attached hydrogen (secondary N) is 2. The van der Waals surface area contributed by atoms with Gasteiger partial charge in [0.25, 0.3) is 0 Å². The zero-order valence-corrected chi connectivity index (χ0v) is 18.1. The Morgan fingerprint density at radius 3 is 2.65 bits per heavy atom. The van der Waals surface area contributed by atoms with Crippen molar-refractivity contribution in [2.75, 3.05) is 25.3 Å². The van der Waals surface area contributed by atoms with E-state index in [1.807, 2.05) is 0 Å². The number of para-hydroxylation sites is 1. The van der Waals surface area contributed by atoms with Crippen LogP contribution in [0.1, 0.15) is 24.8 Å². The van der Waals surface area contributed by atoms with Crippen LogP contribution in [0.3, 0.4) is 0 Å². The first-order valence-corrected chi connectivity index (χ1v) is 12.7. The molecule has 3 N–H and O–H groups in total. The lowest BCUT2D eigenvalue weighted by atomic mass is 9.80. The van der Waals surface area contributed by atoms with Crippen LogP contribution in [0.2, 0.25) is 0 Å². The van der Waals surface area contributed by atoms with Crippen molar-refractivity contribution in [3.8, 4) is 11.3 Å². The number of alkyl halides is 3. The maximum atomic E-state index is 13.8. The van der Waals surface area contributed by atoms with E-state index < -0.39 is 18.9 Å². The normalized spacial score (nSPS) is 16.3. The van der Waals surface area contributed by atoms with Crippen molar-refractivity contribution in [3.05, 3.63) is 36.2 Å². The quantitative estimate of drug-likeness (QED) is 0.481. The second-order valence-corrected chi connectivity index (χ2v) is 11.5. The number of aromatic amines is 1. The van der Waals surface area contributed by atoms with E-state index in [0.29, 0.717) is 16.2 Å². The van der Waals surface area contributed by atoms with Crippen LogP contribution in [0, 0.1) is 5.92 Å². The number of hydrogen-bond acceptors (Lipinski definition) is 5. The Morgan fingerprint density at radius 1 is 1.32 bits per heavy atom. The van der Waals surface area contributed by atoms with Gasteiger partial charge >= 0.3 is 6.18 Å². The number of aliphatic hydroxyl groups excluding tert-OH is 1. The van der Waals surface area contributed by atoms with Crippen molar-refractivity contribution in [2.24, 2.45) is 5.92 Å². The number of aliphatic hydroxyl groups is 1. The Hall–Kier alpha value is -2.38. The van der Waals surface area contributed by atoms with Gasteiger partial charge in [0.1, 0.15) is 12.7 Å². The first-order valence-electron chi connectivity index (χ1n) is 10.1. The molecule has 0 amide bonds. The van der Waals surface area contributed by atoms with E-state index in [2.05, 4.69) is 20.3 Å². The number of rotatable bonds is 6. The van der Waals surface area contributed by atoms with Crippen LogP contribution in [0.4, 0.5) is 19.1 Å². The molecule has 1 aliphatic rings. The van der Waals surface area contributed by atoms with Gasteiger partial charge in [-0.3, -0.25) is 0 Å². The SMILES string of the molecule is CP(C)(=O)c1cccc2c(-c3nc(N[C@@H](CO)C4CCC4)ncc3C(F)(F)F)c[nH]c12. The van der Waals surface area contributed by atoms with Crippen LogP contribution in [0.25, 0.3) is 22.2 Å². The van der Waals surface area contributed by atoms with Gasteiger partial charge in [0.05, 0.1) is 23.9 Å². The third-order valence-corrected chi connectivity index (χ3v) is 7.39. The van der Waals surface area contributed by atoms with Gasteiger partial charge < -0.3 is 20.0 Å². The summed E-state index contributed by atoms with van der Waals surface area (Å²) in [5.41, 5.74) is -0.424. The third-order valence-electron chi connectivity index (χ3n) is 5.85. The zero-order valence-electron chi connectivity index (χ0n) is 17.2. The second-order valence-electron chi connectivity index (χ2n) is 8.33. The first kappa shape index (κ1) is 21.8. The molecule has 0 spiro atoms. The molecule has 0 unspecified atom stereocenters. The van der Waals surface area contributed by atoms with E-state index in [1.54, 1.807) is 31.5 Å². The highest BCUT2D eigenvalue weighted by Gasteiger charge is 2.36. The van der Waals surface area contributed by atoms with Gasteiger partial charge in [-0.1, -0.05) is 18.6 Å². The lowest BCUT2D eigenvalue weighted by Gasteiger charge is -2.33. The van der Waals surface area contributed by atoms with Crippen molar-refractivity contribution in [1.82, 2.24) is 15.0 Å². The fourth-order valence-corrected chi connectivity index (χ4v) is 5.14. The number of H-pyrrole nitrogens is 1. The minimum absolute atomic E-state index is 0.0381. The molecule has 0 bridgehead atoms. The monoisotopic (exact) mass is 452 g/mol. The molecule has 1 fully saturated rings. The molecule has 1 atom stereocenters. The number of halogens is 3. The van der Waals surface area contributed by atoms with Gasteiger partial charge in [-0.05, 0) is 38.2 Å². The smallest absolute Gasteiger partial charge is 0.394 e. The topological polar surface area (TPSA) is 90.9 Å². The van der Waals surface area contributed by atoms with E-state index in [4.69, 9.17) is 0 Å². The van der Waals surface area contributed by atoms with Gasteiger partial charge in [0.2, 0.25) is 5.95 Å². The van der Waals surface area contributed by atoms with Crippen molar-refractivity contribution < 1.29 is 22.8 Å². The molecule has 0 aliphatic heterocycles. The number of benzene rings is 1. The number of anilines is 1. The van der Waals surface area contributed by atoms with Crippen LogP contribution in [-0.4, -0.2) is 46.0 Å². The van der Waals surface area contributed by atoms with Crippen molar-refractivity contribution in [2.45, 2.75) is 31.5 Å². The van der Waals surface area contributed by atoms with E-state index in [0.717, 1.165) is 25.5 Å². The zero-order chi connectivity index (χ0) is 22.4. The molecule has 1 aromatic carbocycles. The number of hydrogen-bond donors (Lipinski definition) is 3. The summed E-state index contributed by atoms with van der Waals surface area (Å²) in [6.07, 6.45) is 0.548. The molecule has 3 aromatic rings. The van der Waals surface area contributed by atoms with E-state index >= 15 is 0 Å². The number of fused-ring (bicyclic) bond motifs is 1. The fourth-order valence-electron chi connectivity index (χ4n) is 3.97. The number of aromatic nitrogens is 3. The van der Waals surface area contributed by atoms with E-state index in [-0.39, 0.29) is 35.8 Å². The molecule has 10 heteroatoms. The summed E-state index contributed by atoms with van der Waals surface area (Å²) in [5, 5.41) is 13.8. The molecule has 1 saturated carbocycles. The molecule has 166 valence electrons. The molecule has 31 heavy (non-hydrogen) atoms. The molecule has 6 nitrogen and oxygen atoms in total. The van der Waals surface area contributed by atoms with Crippen molar-refractivity contribution >= 4 is 29.3 Å². The predicted molar refractivity (Wildman–Crippen MR) is 115 cm³/mol. The van der Waals surface area contributed by atoms with Gasteiger partial charge in [-0.25, -0.2) is 9.97 Å². The van der Waals surface area contributed by atoms with Gasteiger partial charge in [0.15, 0.2) is 0 Å². The van der Waals surface area contributed by atoms with Crippen molar-refractivity contribution in [3.63, 3.8) is 0 Å². The van der Waals surface area contributed by atoms with Crippen molar-refractivity contribution in [1.29, 1.82) is 0 Å². The van der Waals surface area contributed by atoms with E-state index in [1.165, 1.54) is 6.20 Å². The largest absolute Gasteiger partial charge is 0.419 e. The highest BCUT2D eigenvalue weighted by atomic mass is 31.2. The molecule has 1 aliphatic carbocycles. The van der Waals surface area contributed by atoms with Crippen LogP contribution >= 0.6 is 7.14 Å². The molecule has 2 aromatic heterocycles. The Kier molecular flexibility index (Phi) is 5.60. The lowest BCUT2D eigenvalue weighted by Crippen LogP contribution is -2.37. The van der Waals surface area contributed by atoms with Crippen LogP contribution in [0.5, 0.6) is 0 Å². The summed E-state index contributed by atoms with van der Waals surface area (Å²) >= 11 is 0. The molecule has 0 radical (unpaired) electrons. The Labute approximate surface area is 177 Å². The standard InChI is InChI=1S/C21H24F3N4O2P/c1-31(2,30)17-8-4-7-13-14(9-25-19(13)17)18-15(21(22,23)24)10-26-20(28-18)27-16(11-29)12-5-3-6-12/h4,7-10,12,16,25,29H,3,5-6,11H2,1-2H3,(H,26,27,28)/t16-/m0/s1. The summed E-state index contributed by atoms with van der Waals surface area (Å²) in [5.74, 6) is 0.286. The summed E-state index contributed by atoms with van der Waals surface area (Å²) in [6.45, 7) is 3.08. The highest BCUT2D eigenvalue weighted by molar-refractivity contribution is 7.70. The summed E-state index contributed by atoms with van der Waals surface area (Å²) < 4.78 is 53.9. The van der Waals surface area contributed by atoms with Gasteiger partial charge in [-0.15, -0.1) is 0 Å². The highest BCUT2D eigenvalue weighted by Crippen LogP contribution is 2.42. The molecular weight excluding hydrogens is 428 g/mol. The van der Waals surface area contributed by atoms with Crippen LogP contribution < -0.4 is 10.6 Å². The molecule has 2 heterocycles. The molecule has 0 saturated heterocycles. The average Bonchev–Trinajstić information content (AvgIpc) is 3.08. The number of nitrogens with zero attached hydrogens (tertiary/aromatic N) is 2. The predicted octanol–water partition coefficient (Wildman–Crippen LogP) is 4.46. The summed E-state index contributed by atoms with van der Waals surface area (Å²) in [6, 6.07) is 4.77. The lowest BCUT2D eigenvalue weighted by molar-refractivity contribution is -0.137. The third kappa shape index (κ3) is 4.21. The average molecular weight is 452 g/mol. The first-order chi connectivity index (χ1) is 14.6. The van der Waals surface area contributed by atoms with E-state index in [9.17, 15) is 22.8 Å². The summed E-state index contributed by atoms with van der Waals surface area (Å²) in [4.78, 5) is 11.1. The van der Waals surface area contributed by atoms with Gasteiger partial charge in [0, 0.05) is 28.6 Å². The Bertz CT molecular complexity index is 1150.